The first kappa shape index (κ1) is 14.1. The fraction of sp³-hybridized carbons (Fsp3) is 0.389. The van der Waals surface area contributed by atoms with Crippen LogP contribution >= 0.6 is 0 Å². The molecule has 3 nitrogen and oxygen atoms in total. The number of hydrogen-bond acceptors (Lipinski definition) is 3. The molecule has 0 bridgehead atoms. The van der Waals surface area contributed by atoms with E-state index in [-0.39, 0.29) is 0 Å². The number of nitrogens with two attached hydrogens (primary N) is 1. The monoisotopic (exact) mass is 281 g/mol. The molecule has 1 fully saturated rings. The van der Waals surface area contributed by atoms with Gasteiger partial charge in [0.1, 0.15) is 5.82 Å². The maximum atomic E-state index is 5.81. The van der Waals surface area contributed by atoms with Crippen molar-refractivity contribution in [1.82, 2.24) is 9.88 Å². The van der Waals surface area contributed by atoms with Crippen LogP contribution in [0.5, 0.6) is 0 Å². The summed E-state index contributed by atoms with van der Waals surface area (Å²) in [5.41, 5.74) is 8.22. The molecule has 1 atom stereocenters. The van der Waals surface area contributed by atoms with Crippen molar-refractivity contribution in [2.45, 2.75) is 38.9 Å². The molecule has 0 amide bonds. The Hall–Kier alpha value is -1.87. The van der Waals surface area contributed by atoms with Gasteiger partial charge in [-0.2, -0.15) is 0 Å². The summed E-state index contributed by atoms with van der Waals surface area (Å²) in [5, 5.41) is 0. The second-order valence-electron chi connectivity index (χ2n) is 6.02. The lowest BCUT2D eigenvalue weighted by Crippen LogP contribution is -2.34. The average molecular weight is 281 g/mol. The maximum Gasteiger partial charge on any atom is 0.123 e. The van der Waals surface area contributed by atoms with Crippen LogP contribution in [0.4, 0.5) is 5.82 Å². The summed E-state index contributed by atoms with van der Waals surface area (Å²) in [6.07, 6.45) is 2.72. The normalized spacial score (nSPS) is 16.1. The average Bonchev–Trinajstić information content (AvgIpc) is 3.32. The van der Waals surface area contributed by atoms with Crippen molar-refractivity contribution in [1.29, 1.82) is 0 Å². The van der Waals surface area contributed by atoms with E-state index in [4.69, 9.17) is 5.73 Å². The zero-order chi connectivity index (χ0) is 14.7. The Morgan fingerprint density at radius 2 is 1.86 bits per heavy atom. The first-order valence-electron chi connectivity index (χ1n) is 7.72. The molecule has 3 rings (SSSR count). The number of anilines is 1. The Morgan fingerprint density at radius 1 is 1.10 bits per heavy atom. The highest BCUT2D eigenvalue weighted by Crippen LogP contribution is 2.36. The molecule has 110 valence electrons. The van der Waals surface area contributed by atoms with E-state index in [1.54, 1.807) is 0 Å². The van der Waals surface area contributed by atoms with Crippen LogP contribution < -0.4 is 5.73 Å². The van der Waals surface area contributed by atoms with Crippen LogP contribution in [0.25, 0.3) is 0 Å². The first-order chi connectivity index (χ1) is 10.2. The van der Waals surface area contributed by atoms with Crippen LogP contribution in [0.3, 0.4) is 0 Å². The quantitative estimate of drug-likeness (QED) is 0.881. The molecule has 1 aliphatic rings. The van der Waals surface area contributed by atoms with E-state index in [1.165, 1.54) is 18.4 Å². The third kappa shape index (κ3) is 3.82. The molecule has 3 heteroatoms. The summed E-state index contributed by atoms with van der Waals surface area (Å²) in [7, 11) is 0. The minimum atomic E-state index is 0.591. The minimum absolute atomic E-state index is 0.591. The lowest BCUT2D eigenvalue weighted by Gasteiger charge is -2.29. The second-order valence-corrected chi connectivity index (χ2v) is 6.02. The Kier molecular flexibility index (Phi) is 4.20. The molecule has 0 radical (unpaired) electrons. The summed E-state index contributed by atoms with van der Waals surface area (Å²) in [5.74, 6) is 1.45. The lowest BCUT2D eigenvalue weighted by atomic mass is 10.1. The molecule has 0 spiro atoms. The van der Waals surface area contributed by atoms with E-state index in [1.807, 2.05) is 12.1 Å². The fourth-order valence-corrected chi connectivity index (χ4v) is 2.83. The van der Waals surface area contributed by atoms with Crippen LogP contribution in [-0.4, -0.2) is 15.9 Å². The molecule has 1 heterocycles. The Balaban J connectivity index is 1.75. The van der Waals surface area contributed by atoms with Crippen LogP contribution in [0.15, 0.2) is 48.5 Å². The number of nitrogens with zero attached hydrogens (tertiary/aromatic N) is 2. The smallest absolute Gasteiger partial charge is 0.123 e. The summed E-state index contributed by atoms with van der Waals surface area (Å²) in [4.78, 5) is 6.98. The van der Waals surface area contributed by atoms with Crippen molar-refractivity contribution in [2.75, 3.05) is 5.73 Å². The van der Waals surface area contributed by atoms with Gasteiger partial charge < -0.3 is 5.73 Å². The molecule has 0 unspecified atom stereocenters. The Bertz CT molecular complexity index is 578. The van der Waals surface area contributed by atoms with Crippen molar-refractivity contribution in [2.24, 2.45) is 5.92 Å². The third-order valence-corrected chi connectivity index (χ3v) is 4.30. The van der Waals surface area contributed by atoms with Gasteiger partial charge in [0.05, 0.1) is 5.69 Å². The molecule has 1 saturated carbocycles. The summed E-state index contributed by atoms with van der Waals surface area (Å²) < 4.78 is 0. The highest BCUT2D eigenvalue weighted by Gasteiger charge is 2.32. The van der Waals surface area contributed by atoms with Gasteiger partial charge in [0.2, 0.25) is 0 Å². The molecule has 2 N–H and O–H groups in total. The number of hydrogen-bond donors (Lipinski definition) is 1. The van der Waals surface area contributed by atoms with Crippen LogP contribution in [0.2, 0.25) is 0 Å². The third-order valence-electron chi connectivity index (χ3n) is 4.30. The molecule has 2 aromatic rings. The molecule has 1 aliphatic carbocycles. The summed E-state index contributed by atoms with van der Waals surface area (Å²) in [6, 6.07) is 17.1. The topological polar surface area (TPSA) is 42.1 Å². The molecule has 1 aromatic carbocycles. The number of pyridine rings is 1. The van der Waals surface area contributed by atoms with Crippen molar-refractivity contribution >= 4 is 5.82 Å². The van der Waals surface area contributed by atoms with E-state index >= 15 is 0 Å². The Labute approximate surface area is 126 Å². The van der Waals surface area contributed by atoms with Crippen molar-refractivity contribution < 1.29 is 0 Å². The van der Waals surface area contributed by atoms with Crippen LogP contribution in [0.1, 0.15) is 31.0 Å². The van der Waals surface area contributed by atoms with Gasteiger partial charge in [0.15, 0.2) is 0 Å². The highest BCUT2D eigenvalue weighted by atomic mass is 15.2. The van der Waals surface area contributed by atoms with Gasteiger partial charge in [-0.25, -0.2) is 4.98 Å². The first-order valence-corrected chi connectivity index (χ1v) is 7.72. The number of aromatic nitrogens is 1. The molecule has 21 heavy (non-hydrogen) atoms. The molecular weight excluding hydrogens is 258 g/mol. The minimum Gasteiger partial charge on any atom is -0.384 e. The zero-order valence-electron chi connectivity index (χ0n) is 12.6. The second kappa shape index (κ2) is 6.27. The summed E-state index contributed by atoms with van der Waals surface area (Å²) >= 11 is 0. The fourth-order valence-electron chi connectivity index (χ4n) is 2.83. The van der Waals surface area contributed by atoms with Gasteiger partial charge in [-0.1, -0.05) is 36.4 Å². The molecule has 0 aliphatic heterocycles. The van der Waals surface area contributed by atoms with Crippen molar-refractivity contribution in [3.05, 3.63) is 59.8 Å². The van der Waals surface area contributed by atoms with Crippen LogP contribution in [-0.2, 0) is 13.1 Å². The van der Waals surface area contributed by atoms with Gasteiger partial charge in [0.25, 0.3) is 0 Å². The predicted octanol–water partition coefficient (Wildman–Crippen LogP) is 3.46. The number of nitrogen functional groups attached to an aromatic ring is 1. The van der Waals surface area contributed by atoms with Gasteiger partial charge >= 0.3 is 0 Å². The largest absolute Gasteiger partial charge is 0.384 e. The zero-order valence-corrected chi connectivity index (χ0v) is 12.6. The Morgan fingerprint density at radius 3 is 2.52 bits per heavy atom. The van der Waals surface area contributed by atoms with Gasteiger partial charge in [-0.05, 0) is 43.4 Å². The van der Waals surface area contributed by atoms with E-state index in [0.29, 0.717) is 11.9 Å². The molecular formula is C18H23N3. The molecule has 0 saturated heterocycles. The molecule has 1 aromatic heterocycles. The maximum absolute atomic E-state index is 5.81. The predicted molar refractivity (Wildman–Crippen MR) is 86.5 cm³/mol. The van der Waals surface area contributed by atoms with E-state index in [9.17, 15) is 0 Å². The standard InChI is InChI=1S/C18H23N3/c1-14(16-10-11-16)21(12-15-6-3-2-4-7-15)13-17-8-5-9-18(19)20-17/h2-9,14,16H,10-13H2,1H3,(H2,19,20)/t14-/m0/s1. The van der Waals surface area contributed by atoms with Gasteiger partial charge in [-0.3, -0.25) is 4.90 Å². The highest BCUT2D eigenvalue weighted by molar-refractivity contribution is 5.28. The lowest BCUT2D eigenvalue weighted by molar-refractivity contribution is 0.170. The number of benzene rings is 1. The van der Waals surface area contributed by atoms with E-state index in [2.05, 4.69) is 53.2 Å². The van der Waals surface area contributed by atoms with Gasteiger partial charge in [0, 0.05) is 19.1 Å². The van der Waals surface area contributed by atoms with Crippen LogP contribution in [0, 0.1) is 5.92 Å². The van der Waals surface area contributed by atoms with E-state index in [0.717, 1.165) is 24.7 Å². The SMILES string of the molecule is C[C@@H](C1CC1)N(Cc1ccccc1)Cc1cccc(N)n1. The van der Waals surface area contributed by atoms with Gasteiger partial charge in [-0.15, -0.1) is 0 Å². The number of rotatable bonds is 6. The van der Waals surface area contributed by atoms with Crippen molar-refractivity contribution in [3.63, 3.8) is 0 Å². The van der Waals surface area contributed by atoms with Crippen molar-refractivity contribution in [3.8, 4) is 0 Å². The van der Waals surface area contributed by atoms with E-state index < -0.39 is 0 Å². The summed E-state index contributed by atoms with van der Waals surface area (Å²) in [6.45, 7) is 4.17.